The van der Waals surface area contributed by atoms with Crippen molar-refractivity contribution >= 4 is 0 Å². The summed E-state index contributed by atoms with van der Waals surface area (Å²) in [5.74, 6) is 1.99. The number of nitrogens with two attached hydrogens (primary N) is 1. The molecule has 1 fully saturated rings. The van der Waals surface area contributed by atoms with Crippen LogP contribution in [-0.2, 0) is 17.6 Å². The van der Waals surface area contributed by atoms with Gasteiger partial charge in [-0.2, -0.15) is 4.98 Å². The third-order valence-corrected chi connectivity index (χ3v) is 3.20. The first-order valence-electron chi connectivity index (χ1n) is 6.41. The molecule has 17 heavy (non-hydrogen) atoms. The predicted molar refractivity (Wildman–Crippen MR) is 63.5 cm³/mol. The van der Waals surface area contributed by atoms with Crippen LogP contribution in [0.1, 0.15) is 37.9 Å². The topological polar surface area (TPSA) is 74.2 Å². The van der Waals surface area contributed by atoms with Crippen LogP contribution in [0.15, 0.2) is 4.52 Å². The molecule has 1 saturated heterocycles. The Morgan fingerprint density at radius 2 is 2.41 bits per heavy atom. The second kappa shape index (κ2) is 6.12. The fourth-order valence-electron chi connectivity index (χ4n) is 1.97. The van der Waals surface area contributed by atoms with Crippen molar-refractivity contribution in [2.45, 2.75) is 45.1 Å². The van der Waals surface area contributed by atoms with Gasteiger partial charge in [0.1, 0.15) is 0 Å². The first-order chi connectivity index (χ1) is 8.28. The zero-order valence-electron chi connectivity index (χ0n) is 10.4. The van der Waals surface area contributed by atoms with Crippen molar-refractivity contribution in [2.24, 2.45) is 11.7 Å². The molecule has 0 aromatic carbocycles. The highest BCUT2D eigenvalue weighted by Crippen LogP contribution is 2.16. The Kier molecular flexibility index (Phi) is 4.50. The fourth-order valence-corrected chi connectivity index (χ4v) is 1.97. The maximum Gasteiger partial charge on any atom is 0.226 e. The lowest BCUT2D eigenvalue weighted by molar-refractivity contribution is 0.109. The molecule has 0 bridgehead atoms. The smallest absolute Gasteiger partial charge is 0.226 e. The van der Waals surface area contributed by atoms with Gasteiger partial charge in [-0.15, -0.1) is 0 Å². The van der Waals surface area contributed by atoms with Crippen molar-refractivity contribution in [3.05, 3.63) is 11.7 Å². The van der Waals surface area contributed by atoms with Gasteiger partial charge in [0.15, 0.2) is 5.82 Å². The van der Waals surface area contributed by atoms with Crippen LogP contribution in [-0.4, -0.2) is 29.4 Å². The summed E-state index contributed by atoms with van der Waals surface area (Å²) in [5.41, 5.74) is 5.57. The van der Waals surface area contributed by atoms with Crippen LogP contribution in [0.25, 0.3) is 0 Å². The molecule has 5 heteroatoms. The molecule has 2 atom stereocenters. The number of nitrogens with zero attached hydrogens (tertiary/aromatic N) is 2. The summed E-state index contributed by atoms with van der Waals surface area (Å²) < 4.78 is 10.8. The summed E-state index contributed by atoms with van der Waals surface area (Å²) in [6.07, 6.45) is 5.12. The van der Waals surface area contributed by atoms with Crippen molar-refractivity contribution in [2.75, 3.05) is 13.2 Å². The van der Waals surface area contributed by atoms with E-state index in [2.05, 4.69) is 17.1 Å². The molecular weight excluding hydrogens is 218 g/mol. The Bertz CT molecular complexity index is 334. The summed E-state index contributed by atoms with van der Waals surface area (Å²) in [6, 6.07) is 0. The lowest BCUT2D eigenvalue weighted by Gasteiger charge is -2.04. The molecule has 0 radical (unpaired) electrons. The van der Waals surface area contributed by atoms with Gasteiger partial charge in [0.2, 0.25) is 5.89 Å². The van der Waals surface area contributed by atoms with E-state index in [4.69, 9.17) is 15.0 Å². The van der Waals surface area contributed by atoms with Gasteiger partial charge < -0.3 is 15.0 Å². The highest BCUT2D eigenvalue weighted by molar-refractivity contribution is 4.90. The summed E-state index contributed by atoms with van der Waals surface area (Å²) in [5, 5.41) is 3.99. The van der Waals surface area contributed by atoms with Crippen molar-refractivity contribution in [3.8, 4) is 0 Å². The summed E-state index contributed by atoms with van der Waals surface area (Å²) >= 11 is 0. The zero-order valence-corrected chi connectivity index (χ0v) is 10.4. The minimum absolute atomic E-state index is 0.281. The van der Waals surface area contributed by atoms with Crippen LogP contribution in [0.2, 0.25) is 0 Å². The number of hydrogen-bond acceptors (Lipinski definition) is 5. The Morgan fingerprint density at radius 3 is 3.12 bits per heavy atom. The molecule has 0 amide bonds. The van der Waals surface area contributed by atoms with E-state index in [-0.39, 0.29) is 6.10 Å². The van der Waals surface area contributed by atoms with E-state index < -0.39 is 0 Å². The highest BCUT2D eigenvalue weighted by Gasteiger charge is 2.19. The average molecular weight is 239 g/mol. The van der Waals surface area contributed by atoms with E-state index in [0.717, 1.165) is 50.4 Å². The van der Waals surface area contributed by atoms with E-state index in [1.54, 1.807) is 0 Å². The standard InChI is InChI=1S/C12H21N3O2/c1-9(8-13)4-5-12-14-11(15-17-12)7-10-3-2-6-16-10/h9-10H,2-8,13H2,1H3. The molecule has 1 aliphatic heterocycles. The fraction of sp³-hybridized carbons (Fsp3) is 0.833. The van der Waals surface area contributed by atoms with Crippen molar-refractivity contribution in [1.29, 1.82) is 0 Å². The quantitative estimate of drug-likeness (QED) is 0.810. The molecule has 5 nitrogen and oxygen atoms in total. The number of rotatable bonds is 6. The first kappa shape index (κ1) is 12.5. The van der Waals surface area contributed by atoms with Crippen molar-refractivity contribution in [1.82, 2.24) is 10.1 Å². The van der Waals surface area contributed by atoms with Gasteiger partial charge in [0.05, 0.1) is 6.10 Å². The first-order valence-corrected chi connectivity index (χ1v) is 6.41. The van der Waals surface area contributed by atoms with E-state index in [9.17, 15) is 0 Å². The van der Waals surface area contributed by atoms with Gasteiger partial charge in [-0.1, -0.05) is 12.1 Å². The van der Waals surface area contributed by atoms with Gasteiger partial charge in [-0.05, 0) is 31.7 Å². The van der Waals surface area contributed by atoms with Gasteiger partial charge in [-0.25, -0.2) is 0 Å². The highest BCUT2D eigenvalue weighted by atomic mass is 16.5. The maximum atomic E-state index is 5.57. The molecule has 2 unspecified atom stereocenters. The molecule has 0 saturated carbocycles. The Labute approximate surface area is 102 Å². The second-order valence-electron chi connectivity index (χ2n) is 4.82. The average Bonchev–Trinajstić information content (AvgIpc) is 2.98. The number of ether oxygens (including phenoxy) is 1. The molecule has 2 rings (SSSR count). The summed E-state index contributed by atoms with van der Waals surface area (Å²) in [4.78, 5) is 4.38. The lowest BCUT2D eigenvalue weighted by atomic mass is 10.1. The number of aromatic nitrogens is 2. The van der Waals surface area contributed by atoms with Gasteiger partial charge >= 0.3 is 0 Å². The molecule has 2 N–H and O–H groups in total. The molecule has 1 aliphatic rings. The Balaban J connectivity index is 1.78. The molecule has 96 valence electrons. The van der Waals surface area contributed by atoms with Crippen LogP contribution in [0.5, 0.6) is 0 Å². The van der Waals surface area contributed by atoms with Gasteiger partial charge in [-0.3, -0.25) is 0 Å². The van der Waals surface area contributed by atoms with E-state index in [1.165, 1.54) is 0 Å². The van der Waals surface area contributed by atoms with Gasteiger partial charge in [0.25, 0.3) is 0 Å². The van der Waals surface area contributed by atoms with E-state index in [1.807, 2.05) is 0 Å². The largest absolute Gasteiger partial charge is 0.378 e. The molecular formula is C12H21N3O2. The van der Waals surface area contributed by atoms with E-state index in [0.29, 0.717) is 12.5 Å². The van der Waals surface area contributed by atoms with Crippen LogP contribution in [0.4, 0.5) is 0 Å². The van der Waals surface area contributed by atoms with Crippen molar-refractivity contribution < 1.29 is 9.26 Å². The lowest BCUT2D eigenvalue weighted by Crippen LogP contribution is -2.11. The number of aryl methyl sites for hydroxylation is 1. The monoisotopic (exact) mass is 239 g/mol. The normalized spacial score (nSPS) is 21.9. The molecule has 0 aliphatic carbocycles. The zero-order chi connectivity index (χ0) is 12.1. The minimum atomic E-state index is 0.281. The van der Waals surface area contributed by atoms with E-state index >= 15 is 0 Å². The van der Waals surface area contributed by atoms with Crippen LogP contribution in [0.3, 0.4) is 0 Å². The third kappa shape index (κ3) is 3.78. The van der Waals surface area contributed by atoms with Gasteiger partial charge in [0, 0.05) is 19.4 Å². The number of hydrogen-bond donors (Lipinski definition) is 1. The minimum Gasteiger partial charge on any atom is -0.378 e. The molecule has 2 heterocycles. The second-order valence-corrected chi connectivity index (χ2v) is 4.82. The molecule has 1 aromatic rings. The summed E-state index contributed by atoms with van der Waals surface area (Å²) in [7, 11) is 0. The predicted octanol–water partition coefficient (Wildman–Crippen LogP) is 1.32. The maximum absolute atomic E-state index is 5.57. The van der Waals surface area contributed by atoms with Crippen molar-refractivity contribution in [3.63, 3.8) is 0 Å². The summed E-state index contributed by atoms with van der Waals surface area (Å²) in [6.45, 7) is 3.70. The van der Waals surface area contributed by atoms with Crippen LogP contribution >= 0.6 is 0 Å². The third-order valence-electron chi connectivity index (χ3n) is 3.20. The SMILES string of the molecule is CC(CN)CCc1nc(CC2CCCO2)no1. The Morgan fingerprint density at radius 1 is 1.53 bits per heavy atom. The van der Waals surface area contributed by atoms with Crippen LogP contribution < -0.4 is 5.73 Å². The Hall–Kier alpha value is -0.940. The van der Waals surface area contributed by atoms with Crippen LogP contribution in [0, 0.1) is 5.92 Å². The molecule has 1 aromatic heterocycles. The molecule has 0 spiro atoms.